The van der Waals surface area contributed by atoms with Crippen LogP contribution in [0.25, 0.3) is 0 Å². The number of nitrogens with one attached hydrogen (secondary N) is 1. The van der Waals surface area contributed by atoms with E-state index < -0.39 is 11.7 Å². The minimum absolute atomic E-state index is 0.196. The number of nitrogens with zero attached hydrogens (tertiary/aromatic N) is 2. The monoisotopic (exact) mass is 417 g/mol. The summed E-state index contributed by atoms with van der Waals surface area (Å²) in [4.78, 5) is 3.67. The van der Waals surface area contributed by atoms with Gasteiger partial charge >= 0.3 is 6.18 Å². The molecule has 5 nitrogen and oxygen atoms in total. The van der Waals surface area contributed by atoms with E-state index in [4.69, 9.17) is 9.47 Å². The summed E-state index contributed by atoms with van der Waals surface area (Å²) in [5.41, 5.74) is 2.46. The minimum atomic E-state index is -4.42. The van der Waals surface area contributed by atoms with Gasteiger partial charge in [-0.25, -0.2) is 4.98 Å². The first-order valence-corrected chi connectivity index (χ1v) is 7.97. The van der Waals surface area contributed by atoms with Gasteiger partial charge in [-0.15, -0.1) is 0 Å². The van der Waals surface area contributed by atoms with E-state index >= 15 is 0 Å². The van der Waals surface area contributed by atoms with E-state index in [1.54, 1.807) is 12.1 Å². The van der Waals surface area contributed by atoms with Crippen LogP contribution in [0, 0.1) is 0 Å². The highest BCUT2D eigenvalue weighted by Gasteiger charge is 2.30. The maximum atomic E-state index is 12.5. The SMILES string of the molecule is CCOc1cc(/C=N\Nc2ccc(C(F)(F)F)cn2)cc(Br)c1OC. The van der Waals surface area contributed by atoms with Crippen molar-refractivity contribution in [3.63, 3.8) is 0 Å². The molecule has 0 atom stereocenters. The normalized spacial score (nSPS) is 11.6. The Bertz CT molecular complexity index is 750. The smallest absolute Gasteiger partial charge is 0.417 e. The number of hydrogen-bond acceptors (Lipinski definition) is 5. The quantitative estimate of drug-likeness (QED) is 0.545. The van der Waals surface area contributed by atoms with E-state index in [0.29, 0.717) is 28.1 Å². The van der Waals surface area contributed by atoms with Gasteiger partial charge in [-0.1, -0.05) is 0 Å². The van der Waals surface area contributed by atoms with Crippen molar-refractivity contribution in [1.29, 1.82) is 0 Å². The molecule has 2 rings (SSSR count). The van der Waals surface area contributed by atoms with Gasteiger partial charge in [0.25, 0.3) is 0 Å². The summed E-state index contributed by atoms with van der Waals surface area (Å²) < 4.78 is 48.9. The molecule has 0 aliphatic heterocycles. The average molecular weight is 418 g/mol. The lowest BCUT2D eigenvalue weighted by molar-refractivity contribution is -0.137. The molecular formula is C16H15BrF3N3O2. The predicted molar refractivity (Wildman–Crippen MR) is 92.3 cm³/mol. The van der Waals surface area contributed by atoms with Gasteiger partial charge in [-0.05, 0) is 52.7 Å². The second-order valence-corrected chi connectivity index (χ2v) is 5.62. The molecule has 0 aliphatic carbocycles. The number of aromatic nitrogens is 1. The number of hydrogen-bond donors (Lipinski definition) is 1. The third-order valence-corrected chi connectivity index (χ3v) is 3.61. The van der Waals surface area contributed by atoms with E-state index in [9.17, 15) is 13.2 Å². The van der Waals surface area contributed by atoms with Crippen molar-refractivity contribution in [1.82, 2.24) is 4.98 Å². The summed E-state index contributed by atoms with van der Waals surface area (Å²) in [7, 11) is 1.54. The van der Waals surface area contributed by atoms with Crippen molar-refractivity contribution >= 4 is 28.0 Å². The zero-order chi connectivity index (χ0) is 18.4. The first-order chi connectivity index (χ1) is 11.8. The lowest BCUT2D eigenvalue weighted by Crippen LogP contribution is -2.05. The summed E-state index contributed by atoms with van der Waals surface area (Å²) in [5.74, 6) is 1.31. The Balaban J connectivity index is 2.11. The van der Waals surface area contributed by atoms with Crippen molar-refractivity contribution in [2.45, 2.75) is 13.1 Å². The fourth-order valence-corrected chi connectivity index (χ4v) is 2.55. The van der Waals surface area contributed by atoms with E-state index in [1.165, 1.54) is 19.4 Å². The highest BCUT2D eigenvalue weighted by atomic mass is 79.9. The van der Waals surface area contributed by atoms with Gasteiger partial charge in [0.2, 0.25) is 0 Å². The van der Waals surface area contributed by atoms with Crippen LogP contribution >= 0.6 is 15.9 Å². The zero-order valence-corrected chi connectivity index (χ0v) is 15.0. The van der Waals surface area contributed by atoms with Crippen molar-refractivity contribution in [3.8, 4) is 11.5 Å². The maximum Gasteiger partial charge on any atom is 0.417 e. The van der Waals surface area contributed by atoms with Crippen LogP contribution in [0.1, 0.15) is 18.1 Å². The second kappa shape index (κ2) is 8.19. The molecule has 0 radical (unpaired) electrons. The van der Waals surface area contributed by atoms with E-state index in [0.717, 1.165) is 12.3 Å². The summed E-state index contributed by atoms with van der Waals surface area (Å²) in [6.07, 6.45) is -2.18. The summed E-state index contributed by atoms with van der Waals surface area (Å²) in [5, 5.41) is 3.97. The van der Waals surface area contributed by atoms with Crippen LogP contribution in [0.5, 0.6) is 11.5 Å². The van der Waals surface area contributed by atoms with Gasteiger partial charge in [0.1, 0.15) is 5.82 Å². The molecule has 0 saturated heterocycles. The molecule has 0 bridgehead atoms. The third kappa shape index (κ3) is 5.09. The molecular weight excluding hydrogens is 403 g/mol. The lowest BCUT2D eigenvalue weighted by Gasteiger charge is -2.11. The Morgan fingerprint density at radius 3 is 2.64 bits per heavy atom. The van der Waals surface area contributed by atoms with Crippen LogP contribution in [0.15, 0.2) is 40.0 Å². The predicted octanol–water partition coefficient (Wildman–Crippen LogP) is 4.72. The van der Waals surface area contributed by atoms with Gasteiger partial charge < -0.3 is 9.47 Å². The molecule has 0 amide bonds. The number of pyridine rings is 1. The number of halogens is 4. The van der Waals surface area contributed by atoms with Gasteiger partial charge in [0.05, 0.1) is 30.0 Å². The van der Waals surface area contributed by atoms with Gasteiger partial charge in [0.15, 0.2) is 11.5 Å². The molecule has 9 heteroatoms. The molecule has 0 aliphatic rings. The van der Waals surface area contributed by atoms with Gasteiger partial charge in [-0.2, -0.15) is 18.3 Å². The zero-order valence-electron chi connectivity index (χ0n) is 13.4. The van der Waals surface area contributed by atoms with Crippen molar-refractivity contribution < 1.29 is 22.6 Å². The molecule has 1 aromatic heterocycles. The Morgan fingerprint density at radius 2 is 2.08 bits per heavy atom. The van der Waals surface area contributed by atoms with Crippen LogP contribution in [-0.4, -0.2) is 24.9 Å². The Labute approximate surface area is 151 Å². The Kier molecular flexibility index (Phi) is 6.24. The number of ether oxygens (including phenoxy) is 2. The molecule has 0 unspecified atom stereocenters. The van der Waals surface area contributed by atoms with Crippen LogP contribution in [0.4, 0.5) is 19.0 Å². The third-order valence-electron chi connectivity index (χ3n) is 3.02. The highest BCUT2D eigenvalue weighted by Crippen LogP contribution is 2.36. The standard InChI is InChI=1S/C16H15BrF3N3O2/c1-3-25-13-7-10(6-12(17)15(13)24-2)8-22-23-14-5-4-11(9-21-14)16(18,19)20/h4-9H,3H2,1-2H3,(H,21,23)/b22-8-. The average Bonchev–Trinajstić information content (AvgIpc) is 2.55. The molecule has 0 fully saturated rings. The number of benzene rings is 1. The number of methoxy groups -OCH3 is 1. The second-order valence-electron chi connectivity index (χ2n) is 4.77. The van der Waals surface area contributed by atoms with Crippen molar-refractivity contribution in [2.75, 3.05) is 19.1 Å². The topological polar surface area (TPSA) is 55.7 Å². The minimum Gasteiger partial charge on any atom is -0.492 e. The number of hydrazone groups is 1. The van der Waals surface area contributed by atoms with Crippen LogP contribution in [-0.2, 0) is 6.18 Å². The fraction of sp³-hybridized carbons (Fsp3) is 0.250. The molecule has 1 heterocycles. The maximum absolute atomic E-state index is 12.5. The van der Waals surface area contributed by atoms with Crippen molar-refractivity contribution in [3.05, 3.63) is 46.1 Å². The van der Waals surface area contributed by atoms with Gasteiger partial charge in [-0.3, -0.25) is 5.43 Å². The summed E-state index contributed by atoms with van der Waals surface area (Å²) >= 11 is 3.39. The van der Waals surface area contributed by atoms with E-state index in [2.05, 4.69) is 31.4 Å². The van der Waals surface area contributed by atoms with Crippen LogP contribution < -0.4 is 14.9 Å². The Hall–Kier alpha value is -2.29. The molecule has 1 aromatic carbocycles. The molecule has 0 saturated carbocycles. The largest absolute Gasteiger partial charge is 0.492 e. The molecule has 0 spiro atoms. The first kappa shape index (κ1) is 19.0. The first-order valence-electron chi connectivity index (χ1n) is 7.17. The lowest BCUT2D eigenvalue weighted by atomic mass is 10.2. The molecule has 1 N–H and O–H groups in total. The fourth-order valence-electron chi connectivity index (χ4n) is 1.92. The van der Waals surface area contributed by atoms with Crippen molar-refractivity contribution in [2.24, 2.45) is 5.10 Å². The summed E-state index contributed by atoms with van der Waals surface area (Å²) in [6, 6.07) is 5.64. The molecule has 2 aromatic rings. The van der Waals surface area contributed by atoms with Gasteiger partial charge in [0, 0.05) is 6.20 Å². The highest BCUT2D eigenvalue weighted by molar-refractivity contribution is 9.10. The molecule has 25 heavy (non-hydrogen) atoms. The van der Waals surface area contributed by atoms with Crippen LogP contribution in [0.3, 0.4) is 0 Å². The summed E-state index contributed by atoms with van der Waals surface area (Å²) in [6.45, 7) is 2.32. The molecule has 134 valence electrons. The van der Waals surface area contributed by atoms with E-state index in [-0.39, 0.29) is 5.82 Å². The number of rotatable bonds is 6. The number of alkyl halides is 3. The number of anilines is 1. The van der Waals surface area contributed by atoms with E-state index in [1.807, 2.05) is 6.92 Å². The van der Waals surface area contributed by atoms with Crippen LogP contribution in [0.2, 0.25) is 0 Å². The Morgan fingerprint density at radius 1 is 1.32 bits per heavy atom.